The fraction of sp³-hybridized carbons (Fsp3) is 0.688. The molecule has 1 aliphatic heterocycles. The molecule has 1 aromatic rings. The number of nitrogens with zero attached hydrogens (tertiary/aromatic N) is 2. The summed E-state index contributed by atoms with van der Waals surface area (Å²) in [5.74, 6) is -0.264. The summed E-state index contributed by atoms with van der Waals surface area (Å²) in [7, 11) is 1.95. The first kappa shape index (κ1) is 15.4. The van der Waals surface area contributed by atoms with Gasteiger partial charge in [0.1, 0.15) is 5.82 Å². The van der Waals surface area contributed by atoms with Crippen molar-refractivity contribution >= 4 is 0 Å². The van der Waals surface area contributed by atoms with E-state index in [0.717, 1.165) is 25.1 Å². The van der Waals surface area contributed by atoms with E-state index in [1.807, 2.05) is 7.05 Å². The van der Waals surface area contributed by atoms with E-state index < -0.39 is 0 Å². The lowest BCUT2D eigenvalue weighted by Crippen LogP contribution is -2.55. The fourth-order valence-electron chi connectivity index (χ4n) is 3.44. The van der Waals surface area contributed by atoms with Gasteiger partial charge in [0, 0.05) is 11.7 Å². The number of piperidine rings is 1. The van der Waals surface area contributed by atoms with Gasteiger partial charge in [-0.15, -0.1) is 0 Å². The van der Waals surface area contributed by atoms with Crippen LogP contribution in [0.1, 0.15) is 51.1 Å². The summed E-state index contributed by atoms with van der Waals surface area (Å²) in [6.45, 7) is 6.76. The van der Waals surface area contributed by atoms with Crippen LogP contribution in [0.25, 0.3) is 0 Å². The van der Waals surface area contributed by atoms with E-state index in [0.29, 0.717) is 0 Å². The van der Waals surface area contributed by atoms with Crippen LogP contribution in [0.15, 0.2) is 18.5 Å². The maximum absolute atomic E-state index is 13.5. The molecule has 1 fully saturated rings. The van der Waals surface area contributed by atoms with Crippen molar-refractivity contribution in [2.24, 2.45) is 0 Å². The van der Waals surface area contributed by atoms with E-state index in [1.54, 1.807) is 12.3 Å². The van der Waals surface area contributed by atoms with Gasteiger partial charge < -0.3 is 5.32 Å². The molecule has 1 aliphatic rings. The van der Waals surface area contributed by atoms with E-state index in [4.69, 9.17) is 0 Å². The zero-order chi connectivity index (χ0) is 14.6. The van der Waals surface area contributed by atoms with Crippen molar-refractivity contribution in [3.05, 3.63) is 29.8 Å². The molecule has 1 N–H and O–H groups in total. The summed E-state index contributed by atoms with van der Waals surface area (Å²) in [6.07, 6.45) is 7.90. The maximum Gasteiger partial charge on any atom is 0.141 e. The molecule has 2 rings (SSSR count). The number of likely N-dealkylation sites (tertiary alicyclic amines) is 1. The quantitative estimate of drug-likeness (QED) is 0.897. The number of rotatable bonds is 5. The lowest BCUT2D eigenvalue weighted by molar-refractivity contribution is 0.0446. The van der Waals surface area contributed by atoms with Gasteiger partial charge in [-0.25, -0.2) is 4.39 Å². The number of nitrogens with one attached hydrogen (secondary N) is 1. The van der Waals surface area contributed by atoms with Crippen molar-refractivity contribution in [1.29, 1.82) is 0 Å². The molecule has 0 radical (unpaired) electrons. The molecule has 1 aromatic heterocycles. The second-order valence-corrected chi connectivity index (χ2v) is 5.92. The van der Waals surface area contributed by atoms with Gasteiger partial charge in [-0.3, -0.25) is 9.88 Å². The van der Waals surface area contributed by atoms with Crippen LogP contribution < -0.4 is 5.32 Å². The van der Waals surface area contributed by atoms with Gasteiger partial charge in [0.15, 0.2) is 0 Å². The third-order valence-corrected chi connectivity index (χ3v) is 4.76. The number of halogens is 1. The smallest absolute Gasteiger partial charge is 0.141 e. The summed E-state index contributed by atoms with van der Waals surface area (Å²) in [6, 6.07) is 1.69. The van der Waals surface area contributed by atoms with Gasteiger partial charge in [-0.1, -0.05) is 13.3 Å². The molecule has 2 unspecified atom stereocenters. The molecule has 0 saturated carbocycles. The molecular weight excluding hydrogens is 253 g/mol. The maximum atomic E-state index is 13.5. The molecule has 3 nitrogen and oxygen atoms in total. The first-order chi connectivity index (χ1) is 9.61. The van der Waals surface area contributed by atoms with Crippen LogP contribution in [0.2, 0.25) is 0 Å². The SMILES string of the molecule is CCC(C)(C(NC)c1cncc(F)c1)N1CCCCC1. The second-order valence-electron chi connectivity index (χ2n) is 5.92. The summed E-state index contributed by atoms with van der Waals surface area (Å²) in [5, 5.41) is 3.39. The first-order valence-electron chi connectivity index (χ1n) is 7.64. The zero-order valence-corrected chi connectivity index (χ0v) is 12.8. The average Bonchev–Trinajstić information content (AvgIpc) is 2.48. The van der Waals surface area contributed by atoms with Crippen LogP contribution in [0, 0.1) is 5.82 Å². The highest BCUT2D eigenvalue weighted by Gasteiger charge is 2.39. The van der Waals surface area contributed by atoms with E-state index >= 15 is 0 Å². The topological polar surface area (TPSA) is 28.2 Å². The molecule has 0 amide bonds. The summed E-state index contributed by atoms with van der Waals surface area (Å²) in [5.41, 5.74) is 0.924. The lowest BCUT2D eigenvalue weighted by Gasteiger charge is -2.48. The lowest BCUT2D eigenvalue weighted by atomic mass is 9.82. The Balaban J connectivity index is 2.30. The van der Waals surface area contributed by atoms with Crippen molar-refractivity contribution in [3.8, 4) is 0 Å². The molecule has 20 heavy (non-hydrogen) atoms. The van der Waals surface area contributed by atoms with Crippen LogP contribution in [-0.2, 0) is 0 Å². The highest BCUT2D eigenvalue weighted by molar-refractivity contribution is 5.20. The Kier molecular flexibility index (Phi) is 5.11. The summed E-state index contributed by atoms with van der Waals surface area (Å²) in [4.78, 5) is 6.57. The van der Waals surface area contributed by atoms with Crippen molar-refractivity contribution in [2.45, 2.75) is 51.1 Å². The molecule has 0 spiro atoms. The standard InChI is InChI=1S/C16H26FN3/c1-4-16(2,20-8-6-5-7-9-20)15(18-3)13-10-14(17)12-19-11-13/h10-12,15,18H,4-9H2,1-3H3. The minimum Gasteiger partial charge on any atom is -0.311 e. The van der Waals surface area contributed by atoms with E-state index in [2.05, 4.69) is 29.0 Å². The monoisotopic (exact) mass is 279 g/mol. The van der Waals surface area contributed by atoms with Crippen LogP contribution in [0.4, 0.5) is 4.39 Å². The minimum atomic E-state index is -0.264. The van der Waals surface area contributed by atoms with Crippen molar-refractivity contribution in [3.63, 3.8) is 0 Å². The third-order valence-electron chi connectivity index (χ3n) is 4.76. The molecule has 0 bridgehead atoms. The molecule has 1 saturated heterocycles. The molecule has 0 aromatic carbocycles. The predicted octanol–water partition coefficient (Wildman–Crippen LogP) is 3.14. The molecule has 2 heterocycles. The van der Waals surface area contributed by atoms with E-state index in [9.17, 15) is 4.39 Å². The highest BCUT2D eigenvalue weighted by Crippen LogP contribution is 2.35. The molecule has 0 aliphatic carbocycles. The van der Waals surface area contributed by atoms with Crippen LogP contribution in [-0.4, -0.2) is 35.6 Å². The second kappa shape index (κ2) is 6.64. The summed E-state index contributed by atoms with van der Waals surface area (Å²) < 4.78 is 13.5. The number of hydrogen-bond acceptors (Lipinski definition) is 3. The summed E-state index contributed by atoms with van der Waals surface area (Å²) >= 11 is 0. The Hall–Kier alpha value is -1.00. The van der Waals surface area contributed by atoms with Gasteiger partial charge in [0.05, 0.1) is 12.2 Å². The molecule has 2 atom stereocenters. The normalized spacial score (nSPS) is 21.4. The highest BCUT2D eigenvalue weighted by atomic mass is 19.1. The van der Waals surface area contributed by atoms with Gasteiger partial charge >= 0.3 is 0 Å². The third kappa shape index (κ3) is 3.01. The largest absolute Gasteiger partial charge is 0.311 e. The molecular formula is C16H26FN3. The first-order valence-corrected chi connectivity index (χ1v) is 7.64. The molecule has 112 valence electrons. The van der Waals surface area contributed by atoms with Gasteiger partial charge in [0.2, 0.25) is 0 Å². The van der Waals surface area contributed by atoms with Crippen molar-refractivity contribution in [2.75, 3.05) is 20.1 Å². The Bertz CT molecular complexity index is 431. The van der Waals surface area contributed by atoms with E-state index in [1.165, 1.54) is 25.5 Å². The van der Waals surface area contributed by atoms with Crippen LogP contribution in [0.3, 0.4) is 0 Å². The van der Waals surface area contributed by atoms with Gasteiger partial charge in [-0.05, 0) is 58.0 Å². The Labute approximate surface area is 121 Å². The Morgan fingerprint density at radius 1 is 1.35 bits per heavy atom. The minimum absolute atomic E-state index is 0.00928. The van der Waals surface area contributed by atoms with Crippen molar-refractivity contribution in [1.82, 2.24) is 15.2 Å². The van der Waals surface area contributed by atoms with E-state index in [-0.39, 0.29) is 17.4 Å². The van der Waals surface area contributed by atoms with Crippen LogP contribution in [0.5, 0.6) is 0 Å². The number of hydrogen-bond donors (Lipinski definition) is 1. The number of aromatic nitrogens is 1. The number of likely N-dealkylation sites (N-methyl/N-ethyl adjacent to an activating group) is 1. The van der Waals surface area contributed by atoms with Gasteiger partial charge in [0.25, 0.3) is 0 Å². The Morgan fingerprint density at radius 2 is 2.05 bits per heavy atom. The Morgan fingerprint density at radius 3 is 2.60 bits per heavy atom. The van der Waals surface area contributed by atoms with Crippen LogP contribution >= 0.6 is 0 Å². The average molecular weight is 279 g/mol. The zero-order valence-electron chi connectivity index (χ0n) is 12.8. The number of pyridine rings is 1. The van der Waals surface area contributed by atoms with Gasteiger partial charge in [-0.2, -0.15) is 0 Å². The molecule has 4 heteroatoms. The fourth-order valence-corrected chi connectivity index (χ4v) is 3.44. The predicted molar refractivity (Wildman–Crippen MR) is 80.1 cm³/mol. The van der Waals surface area contributed by atoms with Crippen molar-refractivity contribution < 1.29 is 4.39 Å².